The van der Waals surface area contributed by atoms with Gasteiger partial charge in [-0.1, -0.05) is 47.6 Å². The van der Waals surface area contributed by atoms with E-state index < -0.39 is 0 Å². The average Bonchev–Trinajstić information content (AvgIpc) is 3.05. The molecule has 0 amide bonds. The monoisotopic (exact) mass is 447 g/mol. The van der Waals surface area contributed by atoms with E-state index in [1.54, 1.807) is 30.6 Å². The van der Waals surface area contributed by atoms with Crippen LogP contribution < -0.4 is 5.69 Å². The number of thioether (sulfide) groups is 2. The Bertz CT molecular complexity index is 1060. The van der Waals surface area contributed by atoms with Crippen LogP contribution in [0, 0.1) is 6.92 Å². The summed E-state index contributed by atoms with van der Waals surface area (Å²) >= 11 is 9.24. The second-order valence-corrected chi connectivity index (χ2v) is 8.84. The third-order valence-electron chi connectivity index (χ3n) is 4.40. The highest BCUT2D eigenvalue weighted by Crippen LogP contribution is 2.26. The molecule has 152 valence electrons. The number of benzene rings is 2. The van der Waals surface area contributed by atoms with Gasteiger partial charge in [0.15, 0.2) is 0 Å². The fraction of sp³-hybridized carbons (Fsp3) is 0.300. The van der Waals surface area contributed by atoms with Crippen LogP contribution in [-0.2, 0) is 19.2 Å². The molecule has 9 heteroatoms. The molecule has 0 fully saturated rings. The van der Waals surface area contributed by atoms with E-state index in [1.807, 2.05) is 55.6 Å². The number of aryl methyl sites for hydroxylation is 2. The summed E-state index contributed by atoms with van der Waals surface area (Å²) in [5, 5.41) is 8.55. The van der Waals surface area contributed by atoms with Gasteiger partial charge >= 0.3 is 5.69 Å². The molecular weight excluding hydrogens is 426 g/mol. The van der Waals surface area contributed by atoms with Crippen molar-refractivity contribution in [2.75, 3.05) is 12.8 Å². The first-order valence-corrected chi connectivity index (χ1v) is 11.6. The molecule has 0 unspecified atom stereocenters. The number of aromatic nitrogens is 4. The predicted octanol–water partition coefficient (Wildman–Crippen LogP) is 4.12. The first kappa shape index (κ1) is 21.7. The summed E-state index contributed by atoms with van der Waals surface area (Å²) in [5.74, 6) is 0.700. The Morgan fingerprint density at radius 1 is 1.17 bits per heavy atom. The normalized spacial score (nSPS) is 11.8. The van der Waals surface area contributed by atoms with E-state index in [2.05, 4.69) is 10.4 Å². The number of hydrogen-bond acceptors (Lipinski definition) is 6. The van der Waals surface area contributed by atoms with Crippen molar-refractivity contribution in [3.63, 3.8) is 0 Å². The summed E-state index contributed by atoms with van der Waals surface area (Å²) in [5.41, 5.74) is 3.88. The molecule has 0 saturated heterocycles. The minimum atomic E-state index is -0.261. The van der Waals surface area contributed by atoms with Crippen molar-refractivity contribution in [3.05, 3.63) is 74.7 Å². The van der Waals surface area contributed by atoms with Gasteiger partial charge in [-0.15, -0.1) is 11.8 Å². The lowest BCUT2D eigenvalue weighted by molar-refractivity contribution is 0.692. The molecule has 6 nitrogen and oxygen atoms in total. The zero-order chi connectivity index (χ0) is 20.8. The van der Waals surface area contributed by atoms with Gasteiger partial charge in [0.1, 0.15) is 4.38 Å². The molecule has 0 saturated carbocycles. The lowest BCUT2D eigenvalue weighted by Gasteiger charge is -2.11. The second-order valence-electron chi connectivity index (χ2n) is 6.39. The van der Waals surface area contributed by atoms with Gasteiger partial charge in [-0.05, 0) is 64.9 Å². The molecule has 1 aromatic heterocycles. The van der Waals surface area contributed by atoms with E-state index in [-0.39, 0.29) is 5.69 Å². The van der Waals surface area contributed by atoms with Crippen molar-refractivity contribution in [1.82, 2.24) is 19.8 Å². The maximum Gasteiger partial charge on any atom is 0.368 e. The lowest BCUT2D eigenvalue weighted by Crippen LogP contribution is -2.23. The number of nitrogens with zero attached hydrogens (tertiary/aromatic N) is 5. The van der Waals surface area contributed by atoms with Gasteiger partial charge in [0.25, 0.3) is 0 Å². The smallest absolute Gasteiger partial charge is 0.271 e. The van der Waals surface area contributed by atoms with E-state index in [0.717, 1.165) is 39.2 Å². The molecule has 0 aliphatic carbocycles. The molecule has 0 atom stereocenters. The number of hydrogen-bond donors (Lipinski definition) is 0. The zero-order valence-electron chi connectivity index (χ0n) is 16.5. The standard InChI is InChI=1S/C20H22ClN5OS2/c1-14-5-4-6-18(26-20(27)25(2)23-24-26)17(14)13-29-19(28-3)22-12-11-15-7-9-16(21)10-8-15/h4-10H,11-13H2,1-3H3. The number of rotatable bonds is 6. The van der Waals surface area contributed by atoms with Gasteiger partial charge in [-0.3, -0.25) is 4.99 Å². The summed E-state index contributed by atoms with van der Waals surface area (Å²) < 4.78 is 3.59. The van der Waals surface area contributed by atoms with Crippen molar-refractivity contribution in [2.24, 2.45) is 12.0 Å². The molecular formula is C20H22ClN5OS2. The highest BCUT2D eigenvalue weighted by molar-refractivity contribution is 8.38. The fourth-order valence-corrected chi connectivity index (χ4v) is 4.59. The van der Waals surface area contributed by atoms with E-state index in [1.165, 1.54) is 14.9 Å². The quantitative estimate of drug-likeness (QED) is 0.420. The Balaban J connectivity index is 1.71. The molecule has 2 aromatic carbocycles. The average molecular weight is 448 g/mol. The highest BCUT2D eigenvalue weighted by atomic mass is 35.5. The van der Waals surface area contributed by atoms with Crippen molar-refractivity contribution in [2.45, 2.75) is 19.1 Å². The van der Waals surface area contributed by atoms with Gasteiger partial charge in [-0.2, -0.15) is 9.36 Å². The van der Waals surface area contributed by atoms with Crippen molar-refractivity contribution in [1.29, 1.82) is 0 Å². The Morgan fingerprint density at radius 2 is 1.93 bits per heavy atom. The predicted molar refractivity (Wildman–Crippen MR) is 124 cm³/mol. The van der Waals surface area contributed by atoms with E-state index in [0.29, 0.717) is 5.75 Å². The van der Waals surface area contributed by atoms with Crippen LogP contribution in [0.15, 0.2) is 52.3 Å². The molecule has 0 bridgehead atoms. The number of aliphatic imine (C=N–C) groups is 1. The topological polar surface area (TPSA) is 65.1 Å². The van der Waals surface area contributed by atoms with Gasteiger partial charge in [0.05, 0.1) is 5.69 Å². The molecule has 0 aliphatic rings. The lowest BCUT2D eigenvalue weighted by atomic mass is 10.1. The molecule has 0 aliphatic heterocycles. The number of tetrazole rings is 1. The maximum atomic E-state index is 12.3. The second kappa shape index (κ2) is 10.1. The van der Waals surface area contributed by atoms with Gasteiger partial charge < -0.3 is 0 Å². The van der Waals surface area contributed by atoms with Crippen LogP contribution in [0.4, 0.5) is 0 Å². The van der Waals surface area contributed by atoms with Crippen molar-refractivity contribution >= 4 is 39.5 Å². The summed E-state index contributed by atoms with van der Waals surface area (Å²) in [6, 6.07) is 13.7. The highest BCUT2D eigenvalue weighted by Gasteiger charge is 2.14. The third kappa shape index (κ3) is 5.52. The Morgan fingerprint density at radius 3 is 2.59 bits per heavy atom. The maximum absolute atomic E-state index is 12.3. The van der Waals surface area contributed by atoms with Crippen molar-refractivity contribution in [3.8, 4) is 5.69 Å². The number of halogens is 1. The first-order chi connectivity index (χ1) is 14.0. The van der Waals surface area contributed by atoms with Gasteiger partial charge in [-0.25, -0.2) is 4.79 Å². The zero-order valence-corrected chi connectivity index (χ0v) is 18.9. The molecule has 0 N–H and O–H groups in total. The van der Waals surface area contributed by atoms with Crippen LogP contribution in [0.25, 0.3) is 5.69 Å². The summed E-state index contributed by atoms with van der Waals surface area (Å²) in [6.07, 6.45) is 2.90. The minimum absolute atomic E-state index is 0.261. The Kier molecular flexibility index (Phi) is 7.57. The van der Waals surface area contributed by atoms with E-state index >= 15 is 0 Å². The fourth-order valence-electron chi connectivity index (χ4n) is 2.77. The van der Waals surface area contributed by atoms with E-state index in [4.69, 9.17) is 16.6 Å². The van der Waals surface area contributed by atoms with Crippen LogP contribution >= 0.6 is 35.1 Å². The molecule has 0 radical (unpaired) electrons. The van der Waals surface area contributed by atoms with Crippen LogP contribution in [0.1, 0.15) is 16.7 Å². The van der Waals surface area contributed by atoms with Crippen LogP contribution in [-0.4, -0.2) is 37.0 Å². The minimum Gasteiger partial charge on any atom is -0.271 e. The first-order valence-electron chi connectivity index (χ1n) is 9.03. The largest absolute Gasteiger partial charge is 0.368 e. The van der Waals surface area contributed by atoms with Crippen LogP contribution in [0.3, 0.4) is 0 Å². The van der Waals surface area contributed by atoms with Gasteiger partial charge in [0.2, 0.25) is 0 Å². The SMILES string of the molecule is CSC(=NCCc1ccc(Cl)cc1)SCc1c(C)cccc1-n1nnn(C)c1=O. The van der Waals surface area contributed by atoms with E-state index in [9.17, 15) is 4.79 Å². The summed E-state index contributed by atoms with van der Waals surface area (Å²) in [4.78, 5) is 17.0. The van der Waals surface area contributed by atoms with Gasteiger partial charge in [0, 0.05) is 24.4 Å². The Labute approximate surface area is 183 Å². The molecule has 0 spiro atoms. The molecule has 29 heavy (non-hydrogen) atoms. The van der Waals surface area contributed by atoms with Crippen LogP contribution in [0.5, 0.6) is 0 Å². The molecule has 3 aromatic rings. The van der Waals surface area contributed by atoms with Crippen molar-refractivity contribution < 1.29 is 0 Å². The Hall–Kier alpha value is -2.03. The third-order valence-corrected chi connectivity index (χ3v) is 6.80. The molecule has 1 heterocycles. The summed E-state index contributed by atoms with van der Waals surface area (Å²) in [7, 11) is 1.59. The molecule has 3 rings (SSSR count). The van der Waals surface area contributed by atoms with Crippen LogP contribution in [0.2, 0.25) is 5.02 Å². The summed E-state index contributed by atoms with van der Waals surface area (Å²) in [6.45, 7) is 2.76.